The molecule has 388 valence electrons. The summed E-state index contributed by atoms with van der Waals surface area (Å²) in [6.45, 7) is 2.22. The molecule has 15 aromatic carbocycles. The number of benzene rings is 15. The number of rotatable bonds is 8. The summed E-state index contributed by atoms with van der Waals surface area (Å²) in [7, 11) is 0. The van der Waals surface area contributed by atoms with Crippen molar-refractivity contribution in [3.8, 4) is 22.5 Å². The number of aromatic nitrogens is 2. The van der Waals surface area contributed by atoms with Crippen molar-refractivity contribution >= 4 is 137 Å². The topological polar surface area (TPSA) is 25.1 Å². The van der Waals surface area contributed by atoms with Crippen LogP contribution in [0.3, 0.4) is 0 Å². The minimum atomic E-state index is 1.01. The Bertz CT molecular complexity index is 5240. The van der Waals surface area contributed by atoms with Crippen molar-refractivity contribution in [2.24, 2.45) is 0 Å². The van der Waals surface area contributed by atoms with Gasteiger partial charge in [-0.3, -0.25) is 0 Å². The first-order chi connectivity index (χ1) is 41.1. The average Bonchev–Trinajstić information content (AvgIpc) is 2.81. The summed E-state index contributed by atoms with van der Waals surface area (Å²) in [6.07, 6.45) is 0. The number of aryl methyl sites for hydroxylation is 1. The molecular formula is C79H52N4. The van der Waals surface area contributed by atoms with E-state index < -0.39 is 0 Å². The minimum absolute atomic E-state index is 1.01. The summed E-state index contributed by atoms with van der Waals surface area (Å²) in [5.41, 5.74) is 15.9. The monoisotopic (exact) mass is 1060 g/mol. The second kappa shape index (κ2) is 18.6. The highest BCUT2D eigenvalue weighted by atomic mass is 15.1. The molecule has 0 radical (unpaired) electrons. The Labute approximate surface area is 479 Å². The fourth-order valence-electron chi connectivity index (χ4n) is 13.8. The zero-order chi connectivity index (χ0) is 54.7. The molecule has 0 bridgehead atoms. The smallest absolute Gasteiger partial charge is 0.0619 e. The van der Waals surface area contributed by atoms with Crippen molar-refractivity contribution in [2.45, 2.75) is 6.92 Å². The van der Waals surface area contributed by atoms with Crippen LogP contribution < -0.4 is 10.2 Å². The molecule has 2 aromatic heterocycles. The van der Waals surface area contributed by atoms with E-state index in [-0.39, 0.29) is 0 Å². The number of hydrogen-bond acceptors (Lipinski definition) is 2. The molecule has 83 heavy (non-hydrogen) atoms. The molecule has 2 heterocycles. The summed E-state index contributed by atoms with van der Waals surface area (Å²) < 4.78 is 4.95. The van der Waals surface area contributed by atoms with Crippen LogP contribution >= 0.6 is 0 Å². The number of anilines is 5. The van der Waals surface area contributed by atoms with Crippen molar-refractivity contribution in [3.63, 3.8) is 0 Å². The summed E-state index contributed by atoms with van der Waals surface area (Å²) in [6, 6.07) is 107. The van der Waals surface area contributed by atoms with E-state index in [1.807, 2.05) is 0 Å². The molecule has 0 aliphatic heterocycles. The maximum atomic E-state index is 3.98. The second-order valence-corrected chi connectivity index (χ2v) is 22.1. The molecule has 0 atom stereocenters. The highest BCUT2D eigenvalue weighted by molar-refractivity contribution is 6.27. The van der Waals surface area contributed by atoms with Crippen LogP contribution in [0.25, 0.3) is 131 Å². The Balaban J connectivity index is 0.827. The number of fused-ring (bicyclic) bond motifs is 16. The van der Waals surface area contributed by atoms with Gasteiger partial charge in [-0.05, 0) is 151 Å². The molecule has 0 fully saturated rings. The fraction of sp³-hybridized carbons (Fsp3) is 0.0127. The molecular weight excluding hydrogens is 1000 g/mol. The third-order valence-corrected chi connectivity index (χ3v) is 17.5. The molecule has 1 N–H and O–H groups in total. The van der Waals surface area contributed by atoms with Gasteiger partial charge < -0.3 is 19.4 Å². The first-order valence-electron chi connectivity index (χ1n) is 28.7. The van der Waals surface area contributed by atoms with Crippen molar-refractivity contribution in [2.75, 3.05) is 10.2 Å². The highest BCUT2D eigenvalue weighted by Crippen LogP contribution is 2.46. The van der Waals surface area contributed by atoms with E-state index in [9.17, 15) is 0 Å². The lowest BCUT2D eigenvalue weighted by molar-refractivity contribution is 1.17. The lowest BCUT2D eigenvalue weighted by Gasteiger charge is -2.26. The van der Waals surface area contributed by atoms with E-state index in [0.717, 1.165) is 39.8 Å². The van der Waals surface area contributed by atoms with Crippen LogP contribution in [0.2, 0.25) is 0 Å². The maximum Gasteiger partial charge on any atom is 0.0619 e. The van der Waals surface area contributed by atoms with Gasteiger partial charge >= 0.3 is 0 Å². The van der Waals surface area contributed by atoms with Gasteiger partial charge in [0.25, 0.3) is 0 Å². The largest absolute Gasteiger partial charge is 0.355 e. The van der Waals surface area contributed by atoms with Gasteiger partial charge in [-0.25, -0.2) is 0 Å². The van der Waals surface area contributed by atoms with Crippen LogP contribution in [0.1, 0.15) is 5.56 Å². The fourth-order valence-corrected chi connectivity index (χ4v) is 13.8. The Morgan fingerprint density at radius 1 is 0.289 bits per heavy atom. The van der Waals surface area contributed by atoms with Crippen LogP contribution in [0.15, 0.2) is 291 Å². The molecule has 17 aromatic rings. The summed E-state index contributed by atoms with van der Waals surface area (Å²) >= 11 is 0. The van der Waals surface area contributed by atoms with Gasteiger partial charge in [-0.1, -0.05) is 206 Å². The highest BCUT2D eigenvalue weighted by Gasteiger charge is 2.22. The predicted octanol–water partition coefficient (Wildman–Crippen LogP) is 22.0. The molecule has 4 nitrogen and oxygen atoms in total. The van der Waals surface area contributed by atoms with E-state index in [1.165, 1.54) is 125 Å². The van der Waals surface area contributed by atoms with E-state index in [2.05, 4.69) is 317 Å². The maximum absolute atomic E-state index is 3.98. The molecule has 0 unspecified atom stereocenters. The van der Waals surface area contributed by atoms with E-state index in [0.29, 0.717) is 0 Å². The molecule has 17 rings (SSSR count). The molecule has 0 saturated heterocycles. The quantitative estimate of drug-likeness (QED) is 0.164. The van der Waals surface area contributed by atoms with Crippen molar-refractivity contribution in [1.82, 2.24) is 9.13 Å². The van der Waals surface area contributed by atoms with Gasteiger partial charge in [0.2, 0.25) is 0 Å². The summed E-state index contributed by atoms with van der Waals surface area (Å²) in [5.74, 6) is 0. The molecule has 0 spiro atoms. The zero-order valence-electron chi connectivity index (χ0n) is 45.6. The third-order valence-electron chi connectivity index (χ3n) is 17.5. The number of hydrogen-bond donors (Lipinski definition) is 1. The normalized spacial score (nSPS) is 11.9. The van der Waals surface area contributed by atoms with Crippen LogP contribution in [0.5, 0.6) is 0 Å². The van der Waals surface area contributed by atoms with E-state index in [4.69, 9.17) is 0 Å². The Morgan fingerprint density at radius 3 is 1.14 bits per heavy atom. The van der Waals surface area contributed by atoms with Crippen LogP contribution in [-0.4, -0.2) is 9.13 Å². The molecule has 0 aliphatic rings. The second-order valence-electron chi connectivity index (χ2n) is 22.1. The van der Waals surface area contributed by atoms with Crippen LogP contribution in [0, 0.1) is 6.92 Å². The van der Waals surface area contributed by atoms with E-state index >= 15 is 0 Å². The lowest BCUT2D eigenvalue weighted by Crippen LogP contribution is -2.10. The van der Waals surface area contributed by atoms with Gasteiger partial charge in [-0.15, -0.1) is 0 Å². The predicted molar refractivity (Wildman–Crippen MR) is 355 cm³/mol. The Morgan fingerprint density at radius 2 is 0.651 bits per heavy atom. The van der Waals surface area contributed by atoms with E-state index in [1.54, 1.807) is 0 Å². The number of nitrogens with one attached hydrogen (secondary N) is 1. The van der Waals surface area contributed by atoms with Gasteiger partial charge in [-0.2, -0.15) is 0 Å². The van der Waals surface area contributed by atoms with Gasteiger partial charge in [0.15, 0.2) is 0 Å². The van der Waals surface area contributed by atoms with Gasteiger partial charge in [0.05, 0.1) is 27.8 Å². The Hall–Kier alpha value is -10.9. The number of nitrogens with zero attached hydrogens (tertiary/aromatic N) is 3. The third kappa shape index (κ3) is 7.33. The van der Waals surface area contributed by atoms with Crippen LogP contribution in [-0.2, 0) is 0 Å². The summed E-state index contributed by atoms with van der Waals surface area (Å²) in [4.78, 5) is 2.39. The molecule has 0 aliphatic carbocycles. The zero-order valence-corrected chi connectivity index (χ0v) is 45.6. The van der Waals surface area contributed by atoms with Crippen LogP contribution in [0.4, 0.5) is 28.4 Å². The van der Waals surface area contributed by atoms with Gasteiger partial charge in [0, 0.05) is 77.4 Å². The SMILES string of the molecule is Cc1ccc2ccccc2c1-c1ccc2ccccc2c1Nc1ccc(N(c2ccc(-n3c4ccc5ccccc5c4c4ccc5ccccc5c43)cc2)c2ccc(-n3c4ccc5ccccc5c4c4ccc5ccccc5c43)cc2)cc1. The van der Waals surface area contributed by atoms with Crippen molar-refractivity contribution < 1.29 is 0 Å². The molecule has 0 saturated carbocycles. The van der Waals surface area contributed by atoms with Crippen molar-refractivity contribution in [3.05, 3.63) is 297 Å². The first-order valence-corrected chi connectivity index (χ1v) is 28.7. The average molecular weight is 1060 g/mol. The standard InChI is InChI=1S/C79H52N4/c1-50-26-27-51-14-2-8-20-63(51)74(50)69-45-28-54-17-5-11-23-66(54)77(69)80-57-33-35-58(36-34-57)81(59-37-41-61(42-38-59)82-72-48-31-52-15-3-9-21-64(52)75(72)70-46-29-55-18-6-12-24-67(55)78(70)82)60-39-43-62(44-40-60)83-73-49-32-53-16-4-10-22-65(53)76(73)71-47-30-56-19-7-13-25-68(56)79(71)83/h2-49,80H,1H3. The minimum Gasteiger partial charge on any atom is -0.355 e. The Kier molecular flexibility index (Phi) is 10.5. The molecule has 4 heteroatoms. The lowest BCUT2D eigenvalue weighted by atomic mass is 9.91. The first kappa shape index (κ1) is 46.9. The summed E-state index contributed by atoms with van der Waals surface area (Å²) in [5, 5.41) is 23.8. The van der Waals surface area contributed by atoms with Crippen molar-refractivity contribution in [1.29, 1.82) is 0 Å². The van der Waals surface area contributed by atoms with Gasteiger partial charge in [0.1, 0.15) is 0 Å². The molecule has 0 amide bonds.